The molecule has 1 amide bonds. The molecule has 15 heavy (non-hydrogen) atoms. The molecule has 1 aromatic heterocycles. The Hall–Kier alpha value is 0.0400. The van der Waals surface area contributed by atoms with E-state index in [0.717, 1.165) is 0 Å². The van der Waals surface area contributed by atoms with Crippen LogP contribution in [-0.4, -0.2) is 23.2 Å². The number of halogens is 3. The van der Waals surface area contributed by atoms with Gasteiger partial charge in [-0.25, -0.2) is 0 Å². The van der Waals surface area contributed by atoms with Gasteiger partial charge in [0.25, 0.3) is 5.91 Å². The van der Waals surface area contributed by atoms with E-state index in [0.29, 0.717) is 9.21 Å². The quantitative estimate of drug-likeness (QED) is 0.845. The average Bonchev–Trinajstić information content (AvgIpc) is 2.65. The van der Waals surface area contributed by atoms with Crippen LogP contribution in [0.1, 0.15) is 16.6 Å². The van der Waals surface area contributed by atoms with E-state index in [2.05, 4.69) is 5.32 Å². The van der Waals surface area contributed by atoms with Crippen molar-refractivity contribution in [2.75, 3.05) is 11.8 Å². The molecule has 6 heteroatoms. The lowest BCUT2D eigenvalue weighted by Crippen LogP contribution is -2.49. The topological polar surface area (TPSA) is 29.1 Å². The zero-order valence-corrected chi connectivity index (χ0v) is 11.1. The Balaban J connectivity index is 2.71. The van der Waals surface area contributed by atoms with Gasteiger partial charge in [0.2, 0.25) is 0 Å². The lowest BCUT2D eigenvalue weighted by atomic mass is 10.1. The SMILES string of the molecule is CC(CCl)(CCl)NC(=O)c1ccc(Cl)s1. The molecule has 0 aliphatic carbocycles. The smallest absolute Gasteiger partial charge is 0.261 e. The minimum Gasteiger partial charge on any atom is -0.344 e. The number of rotatable bonds is 4. The fraction of sp³-hybridized carbons (Fsp3) is 0.444. The molecule has 0 bridgehead atoms. The van der Waals surface area contributed by atoms with E-state index >= 15 is 0 Å². The van der Waals surface area contributed by atoms with Gasteiger partial charge in [0.05, 0.1) is 14.8 Å². The summed E-state index contributed by atoms with van der Waals surface area (Å²) in [7, 11) is 0. The van der Waals surface area contributed by atoms with Gasteiger partial charge in [-0.15, -0.1) is 34.5 Å². The molecular formula is C9H10Cl3NOS. The number of carbonyl (C=O) groups is 1. The molecule has 0 unspecified atom stereocenters. The number of hydrogen-bond donors (Lipinski definition) is 1. The van der Waals surface area contributed by atoms with Crippen LogP contribution in [0.25, 0.3) is 0 Å². The Morgan fingerprint density at radius 3 is 2.47 bits per heavy atom. The molecule has 0 saturated carbocycles. The number of alkyl halides is 2. The van der Waals surface area contributed by atoms with Gasteiger partial charge in [0, 0.05) is 11.8 Å². The number of nitrogens with one attached hydrogen (secondary N) is 1. The van der Waals surface area contributed by atoms with Gasteiger partial charge in [0.15, 0.2) is 0 Å². The van der Waals surface area contributed by atoms with Crippen LogP contribution in [0.2, 0.25) is 4.34 Å². The molecule has 2 nitrogen and oxygen atoms in total. The molecule has 0 fully saturated rings. The Morgan fingerprint density at radius 1 is 1.47 bits per heavy atom. The molecule has 1 rings (SSSR count). The first-order valence-electron chi connectivity index (χ1n) is 4.20. The summed E-state index contributed by atoms with van der Waals surface area (Å²) in [4.78, 5) is 12.3. The average molecular weight is 287 g/mol. The molecule has 1 heterocycles. The zero-order valence-electron chi connectivity index (χ0n) is 8.02. The van der Waals surface area contributed by atoms with Crippen molar-refractivity contribution < 1.29 is 4.79 Å². The maximum absolute atomic E-state index is 11.7. The lowest BCUT2D eigenvalue weighted by Gasteiger charge is -2.25. The van der Waals surface area contributed by atoms with Crippen molar-refractivity contribution >= 4 is 52.0 Å². The van der Waals surface area contributed by atoms with Crippen LogP contribution in [0.15, 0.2) is 12.1 Å². The Morgan fingerprint density at radius 2 is 2.07 bits per heavy atom. The molecule has 84 valence electrons. The molecule has 0 aliphatic rings. The fourth-order valence-corrected chi connectivity index (χ4v) is 2.23. The maximum atomic E-state index is 11.7. The summed E-state index contributed by atoms with van der Waals surface area (Å²) in [5, 5.41) is 2.77. The highest BCUT2D eigenvalue weighted by atomic mass is 35.5. The Bertz CT molecular complexity index is 349. The molecule has 0 aromatic carbocycles. The lowest BCUT2D eigenvalue weighted by molar-refractivity contribution is 0.0925. The first-order valence-corrected chi connectivity index (χ1v) is 6.47. The van der Waals surface area contributed by atoms with E-state index in [1.54, 1.807) is 19.1 Å². The van der Waals surface area contributed by atoms with Crippen molar-refractivity contribution in [3.8, 4) is 0 Å². The van der Waals surface area contributed by atoms with Gasteiger partial charge >= 0.3 is 0 Å². The van der Waals surface area contributed by atoms with Crippen molar-refractivity contribution in [1.29, 1.82) is 0 Å². The van der Waals surface area contributed by atoms with Crippen molar-refractivity contribution in [1.82, 2.24) is 5.32 Å². The summed E-state index contributed by atoms with van der Waals surface area (Å²) in [6, 6.07) is 3.35. The van der Waals surface area contributed by atoms with E-state index in [9.17, 15) is 4.79 Å². The summed E-state index contributed by atoms with van der Waals surface area (Å²) in [6.07, 6.45) is 0. The van der Waals surface area contributed by atoms with E-state index in [1.165, 1.54) is 11.3 Å². The Labute approximate surface area is 108 Å². The molecule has 1 aromatic rings. The predicted octanol–water partition coefficient (Wildman–Crippen LogP) is 3.37. The van der Waals surface area contributed by atoms with Gasteiger partial charge in [-0.1, -0.05) is 11.6 Å². The first-order chi connectivity index (χ1) is 7.00. The summed E-state index contributed by atoms with van der Waals surface area (Å²) >= 11 is 18.4. The largest absolute Gasteiger partial charge is 0.344 e. The highest BCUT2D eigenvalue weighted by Crippen LogP contribution is 2.22. The third kappa shape index (κ3) is 3.52. The molecule has 0 saturated heterocycles. The van der Waals surface area contributed by atoms with E-state index in [-0.39, 0.29) is 17.7 Å². The first kappa shape index (κ1) is 13.1. The minimum absolute atomic E-state index is 0.198. The van der Waals surface area contributed by atoms with Crippen molar-refractivity contribution in [2.45, 2.75) is 12.5 Å². The summed E-state index contributed by atoms with van der Waals surface area (Å²) in [5.41, 5.74) is -0.587. The normalized spacial score (nSPS) is 11.5. The predicted molar refractivity (Wildman–Crippen MR) is 66.6 cm³/mol. The molecule has 0 aliphatic heterocycles. The minimum atomic E-state index is -0.587. The Kier molecular flexibility index (Phi) is 4.71. The van der Waals surface area contributed by atoms with Crippen LogP contribution in [0.3, 0.4) is 0 Å². The third-order valence-electron chi connectivity index (χ3n) is 1.80. The molecule has 0 radical (unpaired) electrons. The highest BCUT2D eigenvalue weighted by Gasteiger charge is 2.25. The van der Waals surface area contributed by atoms with Gasteiger partial charge in [-0.3, -0.25) is 4.79 Å². The second kappa shape index (κ2) is 5.39. The standard InChI is InChI=1S/C9H10Cl3NOS/c1-9(4-10,5-11)13-8(14)6-2-3-7(12)15-6/h2-3H,4-5H2,1H3,(H,13,14). The number of carbonyl (C=O) groups excluding carboxylic acids is 1. The van der Waals surface area contributed by atoms with Gasteiger partial charge in [0.1, 0.15) is 0 Å². The highest BCUT2D eigenvalue weighted by molar-refractivity contribution is 7.18. The van der Waals surface area contributed by atoms with Crippen LogP contribution in [0, 0.1) is 0 Å². The van der Waals surface area contributed by atoms with E-state index in [4.69, 9.17) is 34.8 Å². The van der Waals surface area contributed by atoms with Gasteiger partial charge in [-0.2, -0.15) is 0 Å². The molecule has 0 atom stereocenters. The summed E-state index contributed by atoms with van der Waals surface area (Å²) in [6.45, 7) is 1.79. The summed E-state index contributed by atoms with van der Waals surface area (Å²) < 4.78 is 0.582. The fourth-order valence-electron chi connectivity index (χ4n) is 0.875. The molecule has 1 N–H and O–H groups in total. The maximum Gasteiger partial charge on any atom is 0.261 e. The van der Waals surface area contributed by atoms with Crippen molar-refractivity contribution in [3.63, 3.8) is 0 Å². The van der Waals surface area contributed by atoms with Crippen LogP contribution in [-0.2, 0) is 0 Å². The summed E-state index contributed by atoms with van der Waals surface area (Å²) in [5.74, 6) is 0.332. The van der Waals surface area contributed by atoms with Crippen LogP contribution >= 0.6 is 46.1 Å². The van der Waals surface area contributed by atoms with Gasteiger partial charge < -0.3 is 5.32 Å². The van der Waals surface area contributed by atoms with Crippen LogP contribution in [0.5, 0.6) is 0 Å². The third-order valence-corrected chi connectivity index (χ3v) is 4.21. The van der Waals surface area contributed by atoms with E-state index in [1.807, 2.05) is 0 Å². The van der Waals surface area contributed by atoms with E-state index < -0.39 is 5.54 Å². The molecular weight excluding hydrogens is 277 g/mol. The second-order valence-corrected chi connectivity index (χ2v) is 5.64. The molecule has 0 spiro atoms. The van der Waals surface area contributed by atoms with Gasteiger partial charge in [-0.05, 0) is 19.1 Å². The van der Waals surface area contributed by atoms with Crippen LogP contribution in [0.4, 0.5) is 0 Å². The van der Waals surface area contributed by atoms with Crippen molar-refractivity contribution in [3.05, 3.63) is 21.3 Å². The van der Waals surface area contributed by atoms with Crippen molar-refractivity contribution in [2.24, 2.45) is 0 Å². The number of thiophene rings is 1. The number of hydrogen-bond acceptors (Lipinski definition) is 2. The second-order valence-electron chi connectivity index (χ2n) is 3.39. The zero-order chi connectivity index (χ0) is 11.5. The number of amides is 1. The monoisotopic (exact) mass is 285 g/mol. The van der Waals surface area contributed by atoms with Crippen LogP contribution < -0.4 is 5.32 Å².